The lowest BCUT2D eigenvalue weighted by Crippen LogP contribution is -2.46. The molecule has 1 N–H and O–H groups in total. The molecule has 0 bridgehead atoms. The van der Waals surface area contributed by atoms with Gasteiger partial charge in [-0.05, 0) is 37.3 Å². The van der Waals surface area contributed by atoms with Crippen LogP contribution >= 0.6 is 24.0 Å². The van der Waals surface area contributed by atoms with Crippen LogP contribution in [0.5, 0.6) is 0 Å². The Hall–Kier alpha value is -0.760. The first-order valence-electron chi connectivity index (χ1n) is 7.85. The highest BCUT2D eigenvalue weighted by molar-refractivity contribution is 14.0. The van der Waals surface area contributed by atoms with Crippen molar-refractivity contribution in [3.05, 3.63) is 24.2 Å². The van der Waals surface area contributed by atoms with E-state index in [-0.39, 0.29) is 24.0 Å². The van der Waals surface area contributed by atoms with Crippen molar-refractivity contribution in [3.8, 4) is 0 Å². The Morgan fingerprint density at radius 2 is 2.41 bits per heavy atom. The van der Waals surface area contributed by atoms with Gasteiger partial charge in [-0.15, -0.1) is 24.0 Å². The molecule has 0 aromatic carbocycles. The molecule has 2 heterocycles. The summed E-state index contributed by atoms with van der Waals surface area (Å²) in [5, 5.41) is 3.43. The Balaban J connectivity index is 0.00000242. The molecule has 1 atom stereocenters. The number of rotatable bonds is 6. The first kappa shape index (κ1) is 19.3. The molecule has 1 unspecified atom stereocenters. The van der Waals surface area contributed by atoms with Gasteiger partial charge in [0.2, 0.25) is 0 Å². The van der Waals surface area contributed by atoms with Gasteiger partial charge < -0.3 is 19.4 Å². The largest absolute Gasteiger partial charge is 0.467 e. The lowest BCUT2D eigenvalue weighted by Gasteiger charge is -2.33. The molecule has 126 valence electrons. The monoisotopic (exact) mass is 421 g/mol. The van der Waals surface area contributed by atoms with Gasteiger partial charge in [0.15, 0.2) is 5.96 Å². The number of hydrogen-bond donors (Lipinski definition) is 1. The third kappa shape index (κ3) is 6.56. The average Bonchev–Trinajstić information content (AvgIpc) is 3.00. The molecular weight excluding hydrogens is 393 g/mol. The summed E-state index contributed by atoms with van der Waals surface area (Å²) in [6.45, 7) is 6.68. The van der Waals surface area contributed by atoms with E-state index < -0.39 is 0 Å². The maximum absolute atomic E-state index is 5.57. The second kappa shape index (κ2) is 10.9. The van der Waals surface area contributed by atoms with Crippen molar-refractivity contribution in [2.45, 2.75) is 32.8 Å². The van der Waals surface area contributed by atoms with E-state index in [1.54, 1.807) is 6.26 Å². The van der Waals surface area contributed by atoms with E-state index >= 15 is 0 Å². The van der Waals surface area contributed by atoms with Crippen molar-refractivity contribution in [2.75, 3.05) is 33.3 Å². The molecule has 22 heavy (non-hydrogen) atoms. The standard InChI is InChI=1S/C16H27N3O2.HI/c1-14-6-3-9-19(12-14)16(17-2)18-8-5-10-20-13-15-7-4-11-21-15;/h4,7,11,14H,3,5-6,8-10,12-13H2,1-2H3,(H,17,18);1H. The van der Waals surface area contributed by atoms with Gasteiger partial charge in [0.25, 0.3) is 0 Å². The van der Waals surface area contributed by atoms with E-state index in [1.165, 1.54) is 12.8 Å². The summed E-state index contributed by atoms with van der Waals surface area (Å²) in [5.41, 5.74) is 0. The predicted molar refractivity (Wildman–Crippen MR) is 99.7 cm³/mol. The van der Waals surface area contributed by atoms with Gasteiger partial charge in [0.05, 0.1) is 6.26 Å². The minimum Gasteiger partial charge on any atom is -0.467 e. The first-order chi connectivity index (χ1) is 10.3. The topological polar surface area (TPSA) is 50.0 Å². The number of guanidine groups is 1. The van der Waals surface area contributed by atoms with Gasteiger partial charge in [-0.3, -0.25) is 4.99 Å². The molecule has 1 aromatic heterocycles. The van der Waals surface area contributed by atoms with Crippen LogP contribution in [0.1, 0.15) is 31.9 Å². The molecule has 1 aromatic rings. The van der Waals surface area contributed by atoms with Crippen molar-refractivity contribution in [2.24, 2.45) is 10.9 Å². The molecular formula is C16H28IN3O2. The summed E-state index contributed by atoms with van der Waals surface area (Å²) in [6.07, 6.45) is 5.22. The van der Waals surface area contributed by atoms with Crippen LogP contribution in [0.25, 0.3) is 0 Å². The van der Waals surface area contributed by atoms with Crippen LogP contribution in [0, 0.1) is 5.92 Å². The van der Waals surface area contributed by atoms with Gasteiger partial charge >= 0.3 is 0 Å². The number of aliphatic imine (C=N–C) groups is 1. The lowest BCUT2D eigenvalue weighted by molar-refractivity contribution is 0.104. The Morgan fingerprint density at radius 3 is 3.09 bits per heavy atom. The zero-order chi connectivity index (χ0) is 14.9. The fourth-order valence-corrected chi connectivity index (χ4v) is 2.66. The molecule has 0 spiro atoms. The third-order valence-electron chi connectivity index (χ3n) is 3.74. The SMILES string of the molecule is CN=C(NCCCOCc1ccco1)N1CCCC(C)C1.I. The number of likely N-dealkylation sites (tertiary alicyclic amines) is 1. The summed E-state index contributed by atoms with van der Waals surface area (Å²) >= 11 is 0. The summed E-state index contributed by atoms with van der Waals surface area (Å²) in [6, 6.07) is 3.81. The number of ether oxygens (including phenoxy) is 1. The van der Waals surface area contributed by atoms with E-state index in [0.29, 0.717) is 6.61 Å². The van der Waals surface area contributed by atoms with E-state index in [2.05, 4.69) is 22.1 Å². The highest BCUT2D eigenvalue weighted by atomic mass is 127. The number of nitrogens with one attached hydrogen (secondary N) is 1. The molecule has 0 saturated carbocycles. The molecule has 6 heteroatoms. The van der Waals surface area contributed by atoms with Crippen LogP contribution in [0.3, 0.4) is 0 Å². The number of piperidine rings is 1. The second-order valence-corrected chi connectivity index (χ2v) is 5.65. The van der Waals surface area contributed by atoms with Crippen LogP contribution in [-0.2, 0) is 11.3 Å². The minimum atomic E-state index is 0. The number of hydrogen-bond acceptors (Lipinski definition) is 3. The lowest BCUT2D eigenvalue weighted by atomic mass is 10.0. The number of halogens is 1. The maximum atomic E-state index is 5.57. The normalized spacial score (nSPS) is 18.9. The molecule has 0 amide bonds. The van der Waals surface area contributed by atoms with Crippen molar-refractivity contribution in [1.82, 2.24) is 10.2 Å². The Kier molecular flexibility index (Phi) is 9.54. The molecule has 0 aliphatic carbocycles. The third-order valence-corrected chi connectivity index (χ3v) is 3.74. The van der Waals surface area contributed by atoms with Gasteiger partial charge in [-0.2, -0.15) is 0 Å². The van der Waals surface area contributed by atoms with E-state index in [9.17, 15) is 0 Å². The van der Waals surface area contributed by atoms with Gasteiger partial charge in [-0.1, -0.05) is 6.92 Å². The molecule has 1 fully saturated rings. The fourth-order valence-electron chi connectivity index (χ4n) is 2.66. The Morgan fingerprint density at radius 1 is 1.55 bits per heavy atom. The summed E-state index contributed by atoms with van der Waals surface area (Å²) in [7, 11) is 1.86. The summed E-state index contributed by atoms with van der Waals surface area (Å²) in [4.78, 5) is 6.74. The van der Waals surface area contributed by atoms with Crippen LogP contribution in [0.4, 0.5) is 0 Å². The highest BCUT2D eigenvalue weighted by Gasteiger charge is 2.18. The molecule has 5 nitrogen and oxygen atoms in total. The van der Waals surface area contributed by atoms with E-state index in [1.807, 2.05) is 19.2 Å². The average molecular weight is 421 g/mol. The zero-order valence-electron chi connectivity index (χ0n) is 13.6. The first-order valence-corrected chi connectivity index (χ1v) is 7.85. The molecule has 1 aliphatic rings. The van der Waals surface area contributed by atoms with Crippen molar-refractivity contribution in [3.63, 3.8) is 0 Å². The van der Waals surface area contributed by atoms with Gasteiger partial charge in [0, 0.05) is 33.3 Å². The van der Waals surface area contributed by atoms with Crippen molar-refractivity contribution < 1.29 is 9.15 Å². The molecule has 2 rings (SSSR count). The molecule has 1 saturated heterocycles. The fraction of sp³-hybridized carbons (Fsp3) is 0.688. The number of nitrogens with zero attached hydrogens (tertiary/aromatic N) is 2. The molecule has 0 radical (unpaired) electrons. The van der Waals surface area contributed by atoms with Crippen molar-refractivity contribution >= 4 is 29.9 Å². The van der Waals surface area contributed by atoms with Crippen LogP contribution in [0.2, 0.25) is 0 Å². The van der Waals surface area contributed by atoms with Gasteiger partial charge in [0.1, 0.15) is 12.4 Å². The van der Waals surface area contributed by atoms with E-state index in [0.717, 1.165) is 50.3 Å². The van der Waals surface area contributed by atoms with Crippen LogP contribution < -0.4 is 5.32 Å². The Bertz CT molecular complexity index is 423. The number of furan rings is 1. The molecule has 1 aliphatic heterocycles. The maximum Gasteiger partial charge on any atom is 0.193 e. The smallest absolute Gasteiger partial charge is 0.193 e. The summed E-state index contributed by atoms with van der Waals surface area (Å²) < 4.78 is 10.8. The minimum absolute atomic E-state index is 0. The van der Waals surface area contributed by atoms with Crippen LogP contribution in [-0.4, -0.2) is 44.1 Å². The van der Waals surface area contributed by atoms with Crippen molar-refractivity contribution in [1.29, 1.82) is 0 Å². The quantitative estimate of drug-likeness (QED) is 0.332. The summed E-state index contributed by atoms with van der Waals surface area (Å²) in [5.74, 6) is 2.66. The van der Waals surface area contributed by atoms with Crippen LogP contribution in [0.15, 0.2) is 27.8 Å². The predicted octanol–water partition coefficient (Wildman–Crippen LogP) is 3.11. The van der Waals surface area contributed by atoms with Gasteiger partial charge in [-0.25, -0.2) is 0 Å². The van der Waals surface area contributed by atoms with E-state index in [4.69, 9.17) is 9.15 Å². The Labute approximate surface area is 150 Å². The zero-order valence-corrected chi connectivity index (χ0v) is 15.9. The highest BCUT2D eigenvalue weighted by Crippen LogP contribution is 2.15. The second-order valence-electron chi connectivity index (χ2n) is 5.65.